The summed E-state index contributed by atoms with van der Waals surface area (Å²) in [6, 6.07) is 0. The number of nitrogens with zero attached hydrogens (tertiary/aromatic N) is 3. The lowest BCUT2D eigenvalue weighted by atomic mass is 9.74. The second-order valence-corrected chi connectivity index (χ2v) is 7.55. The van der Waals surface area contributed by atoms with E-state index in [1.807, 2.05) is 0 Å². The third-order valence-electron chi connectivity index (χ3n) is 5.13. The Balaban J connectivity index is 1.73. The molecule has 2 saturated heterocycles. The molecule has 1 aromatic rings. The van der Waals surface area contributed by atoms with Crippen molar-refractivity contribution in [1.29, 1.82) is 0 Å². The van der Waals surface area contributed by atoms with Gasteiger partial charge in [0.1, 0.15) is 0 Å². The van der Waals surface area contributed by atoms with Crippen molar-refractivity contribution in [3.8, 4) is 0 Å². The summed E-state index contributed by atoms with van der Waals surface area (Å²) in [5.41, 5.74) is 2.98. The highest BCUT2D eigenvalue weighted by molar-refractivity contribution is 9.10. The van der Waals surface area contributed by atoms with E-state index >= 15 is 0 Å². The monoisotopic (exact) mass is 354 g/mol. The average molecular weight is 355 g/mol. The molecule has 118 valence electrons. The summed E-state index contributed by atoms with van der Waals surface area (Å²) < 4.78 is 3.35. The fraction of sp³-hybridized carbons (Fsp3) is 0.812. The number of aryl methyl sites for hydroxylation is 2. The highest BCUT2D eigenvalue weighted by Gasteiger charge is 2.36. The van der Waals surface area contributed by atoms with E-state index in [4.69, 9.17) is 0 Å². The van der Waals surface area contributed by atoms with Crippen molar-refractivity contribution in [3.63, 3.8) is 0 Å². The van der Waals surface area contributed by atoms with Gasteiger partial charge in [0.05, 0.1) is 15.9 Å². The molecule has 0 bridgehead atoms. The Labute approximate surface area is 136 Å². The number of halogens is 1. The molecule has 2 fully saturated rings. The molecule has 0 aromatic carbocycles. The van der Waals surface area contributed by atoms with Gasteiger partial charge in [-0.05, 0) is 74.0 Å². The molecule has 2 aliphatic heterocycles. The van der Waals surface area contributed by atoms with Gasteiger partial charge < -0.3 is 5.32 Å². The summed E-state index contributed by atoms with van der Waals surface area (Å²) in [5, 5.41) is 8.24. The summed E-state index contributed by atoms with van der Waals surface area (Å²) in [5.74, 6) is 0. The Morgan fingerprint density at radius 2 is 2.14 bits per heavy atom. The summed E-state index contributed by atoms with van der Waals surface area (Å²) in [7, 11) is 0. The van der Waals surface area contributed by atoms with Crippen molar-refractivity contribution >= 4 is 15.9 Å². The van der Waals surface area contributed by atoms with Gasteiger partial charge in [0.15, 0.2) is 0 Å². The Hall–Kier alpha value is -0.390. The molecule has 0 radical (unpaired) electrons. The van der Waals surface area contributed by atoms with Crippen LogP contribution in [-0.4, -0.2) is 40.9 Å². The number of piperidine rings is 2. The van der Waals surface area contributed by atoms with Crippen LogP contribution >= 0.6 is 15.9 Å². The first-order valence-corrected chi connectivity index (χ1v) is 9.08. The highest BCUT2D eigenvalue weighted by Crippen LogP contribution is 2.36. The van der Waals surface area contributed by atoms with Gasteiger partial charge in [-0.15, -0.1) is 0 Å². The third kappa shape index (κ3) is 3.20. The average Bonchev–Trinajstić information content (AvgIpc) is 2.76. The minimum Gasteiger partial charge on any atom is -0.316 e. The lowest BCUT2D eigenvalue weighted by molar-refractivity contribution is 0.0584. The first-order valence-electron chi connectivity index (χ1n) is 8.28. The Bertz CT molecular complexity index is 485. The fourth-order valence-electron chi connectivity index (χ4n) is 4.06. The molecule has 1 spiro atoms. The zero-order chi connectivity index (χ0) is 14.9. The van der Waals surface area contributed by atoms with Crippen molar-refractivity contribution in [2.45, 2.75) is 52.6 Å². The minimum atomic E-state index is 0.523. The molecule has 3 rings (SSSR count). The van der Waals surface area contributed by atoms with Crippen LogP contribution in [0.25, 0.3) is 0 Å². The maximum atomic E-state index is 4.63. The van der Waals surface area contributed by atoms with Crippen LogP contribution in [0.2, 0.25) is 0 Å². The Kier molecular flexibility index (Phi) is 4.71. The number of rotatable bonds is 3. The zero-order valence-corrected chi connectivity index (χ0v) is 14.9. The van der Waals surface area contributed by atoms with E-state index in [1.54, 1.807) is 0 Å². The van der Waals surface area contributed by atoms with E-state index in [0.29, 0.717) is 5.41 Å². The van der Waals surface area contributed by atoms with Crippen LogP contribution in [0.1, 0.15) is 44.0 Å². The molecule has 1 aromatic heterocycles. The molecule has 1 atom stereocenters. The molecule has 21 heavy (non-hydrogen) atoms. The van der Waals surface area contributed by atoms with E-state index in [0.717, 1.165) is 18.8 Å². The van der Waals surface area contributed by atoms with E-state index < -0.39 is 0 Å². The van der Waals surface area contributed by atoms with Crippen molar-refractivity contribution in [2.75, 3.05) is 26.2 Å². The van der Waals surface area contributed by atoms with Gasteiger partial charge >= 0.3 is 0 Å². The quantitative estimate of drug-likeness (QED) is 0.905. The predicted molar refractivity (Wildman–Crippen MR) is 89.4 cm³/mol. The zero-order valence-electron chi connectivity index (χ0n) is 13.3. The van der Waals surface area contributed by atoms with E-state index in [9.17, 15) is 0 Å². The summed E-state index contributed by atoms with van der Waals surface area (Å²) in [6.45, 7) is 11.1. The Morgan fingerprint density at radius 3 is 2.86 bits per heavy atom. The maximum Gasteiger partial charge on any atom is 0.0739 e. The second-order valence-electron chi connectivity index (χ2n) is 6.76. The Morgan fingerprint density at radius 1 is 1.33 bits per heavy atom. The molecule has 0 saturated carbocycles. The number of hydrogen-bond acceptors (Lipinski definition) is 3. The summed E-state index contributed by atoms with van der Waals surface area (Å²) >= 11 is 3.73. The fourth-order valence-corrected chi connectivity index (χ4v) is 4.46. The van der Waals surface area contributed by atoms with Gasteiger partial charge in [-0.1, -0.05) is 0 Å². The third-order valence-corrected chi connectivity index (χ3v) is 6.16. The van der Waals surface area contributed by atoms with Crippen LogP contribution in [0.4, 0.5) is 0 Å². The molecule has 0 amide bonds. The summed E-state index contributed by atoms with van der Waals surface area (Å²) in [4.78, 5) is 2.64. The standard InChI is InChI=1S/C16H27BrN4/c1-3-21-14(15(17)13(2)19-21)10-20-9-5-7-16(12-20)6-4-8-18-11-16/h18H,3-12H2,1-2H3. The SMILES string of the molecule is CCn1nc(C)c(Br)c1CN1CCCC2(CCCNC2)C1. The number of aromatic nitrogens is 2. The highest BCUT2D eigenvalue weighted by atomic mass is 79.9. The molecule has 0 aliphatic carbocycles. The van der Waals surface area contributed by atoms with Gasteiger partial charge in [0.2, 0.25) is 0 Å². The van der Waals surface area contributed by atoms with Crippen LogP contribution in [0.5, 0.6) is 0 Å². The van der Waals surface area contributed by atoms with Crippen molar-refractivity contribution < 1.29 is 0 Å². The van der Waals surface area contributed by atoms with E-state index in [2.05, 4.69) is 49.8 Å². The van der Waals surface area contributed by atoms with Crippen molar-refractivity contribution in [1.82, 2.24) is 20.0 Å². The van der Waals surface area contributed by atoms with Crippen LogP contribution in [0.15, 0.2) is 4.47 Å². The minimum absolute atomic E-state index is 0.523. The number of nitrogens with one attached hydrogen (secondary N) is 1. The molecule has 1 N–H and O–H groups in total. The molecular formula is C16H27BrN4. The second kappa shape index (κ2) is 6.39. The number of hydrogen-bond donors (Lipinski definition) is 1. The van der Waals surface area contributed by atoms with Crippen LogP contribution in [0.3, 0.4) is 0 Å². The largest absolute Gasteiger partial charge is 0.316 e. The van der Waals surface area contributed by atoms with Crippen LogP contribution in [0, 0.1) is 12.3 Å². The van der Waals surface area contributed by atoms with Crippen molar-refractivity contribution in [2.24, 2.45) is 5.41 Å². The molecule has 5 heteroatoms. The molecule has 3 heterocycles. The predicted octanol–water partition coefficient (Wildman–Crippen LogP) is 2.94. The van der Waals surface area contributed by atoms with E-state index in [1.165, 1.54) is 62.0 Å². The van der Waals surface area contributed by atoms with Gasteiger partial charge in [-0.2, -0.15) is 5.10 Å². The van der Waals surface area contributed by atoms with Gasteiger partial charge in [-0.3, -0.25) is 9.58 Å². The lowest BCUT2D eigenvalue weighted by Crippen LogP contribution is -2.50. The van der Waals surface area contributed by atoms with E-state index in [-0.39, 0.29) is 0 Å². The molecule has 1 unspecified atom stereocenters. The number of likely N-dealkylation sites (tertiary alicyclic amines) is 1. The first kappa shape index (κ1) is 15.5. The lowest BCUT2D eigenvalue weighted by Gasteiger charge is -2.45. The van der Waals surface area contributed by atoms with Crippen LogP contribution in [-0.2, 0) is 13.1 Å². The smallest absolute Gasteiger partial charge is 0.0739 e. The normalized spacial score (nSPS) is 27.4. The van der Waals surface area contributed by atoms with Gasteiger partial charge in [0.25, 0.3) is 0 Å². The van der Waals surface area contributed by atoms with Gasteiger partial charge in [-0.25, -0.2) is 0 Å². The van der Waals surface area contributed by atoms with Gasteiger partial charge in [0, 0.05) is 26.2 Å². The topological polar surface area (TPSA) is 33.1 Å². The molecular weight excluding hydrogens is 328 g/mol. The molecule has 2 aliphatic rings. The molecule has 4 nitrogen and oxygen atoms in total. The maximum absolute atomic E-state index is 4.63. The first-order chi connectivity index (χ1) is 10.1. The summed E-state index contributed by atoms with van der Waals surface area (Å²) in [6.07, 6.45) is 5.45. The van der Waals surface area contributed by atoms with Crippen molar-refractivity contribution in [3.05, 3.63) is 15.9 Å². The van der Waals surface area contributed by atoms with Crippen LogP contribution < -0.4 is 5.32 Å².